The minimum absolute atomic E-state index is 0.0166. The molecule has 3 saturated carbocycles. The number of esters is 1. The van der Waals surface area contributed by atoms with E-state index in [1.165, 1.54) is 103 Å². The SMILES string of the molecule is CCCCCCCC/C=C\CCCCCCCC(=O)O[C@@H]1CC[C@@]2(C)C(=CCC3C4CCC([C@H](C)CCC(=O)O)[C@@]4(C)CCC32)C1. The molecule has 262 valence electrons. The molecule has 0 bridgehead atoms. The maximum Gasteiger partial charge on any atom is 0.306 e. The molecule has 0 aromatic rings. The van der Waals surface area contributed by atoms with E-state index in [1.54, 1.807) is 5.57 Å². The zero-order chi connectivity index (χ0) is 33.0. The van der Waals surface area contributed by atoms with E-state index in [-0.39, 0.29) is 17.5 Å². The lowest BCUT2D eigenvalue weighted by molar-refractivity contribution is -0.151. The van der Waals surface area contributed by atoms with E-state index in [4.69, 9.17) is 4.74 Å². The van der Waals surface area contributed by atoms with Crippen LogP contribution in [0.4, 0.5) is 0 Å². The van der Waals surface area contributed by atoms with Crippen LogP contribution in [0, 0.1) is 40.4 Å². The third-order valence-corrected chi connectivity index (χ3v) is 13.6. The number of carboxylic acids is 1. The van der Waals surface area contributed by atoms with Crippen molar-refractivity contribution in [1.29, 1.82) is 0 Å². The normalized spacial score (nSPS) is 32.8. The summed E-state index contributed by atoms with van der Waals surface area (Å²) in [6.07, 6.45) is 35.0. The molecule has 0 spiro atoms. The van der Waals surface area contributed by atoms with E-state index in [1.807, 2.05) is 0 Å². The summed E-state index contributed by atoms with van der Waals surface area (Å²) in [6.45, 7) is 9.67. The first-order valence-electron chi connectivity index (χ1n) is 19.9. The molecule has 3 fully saturated rings. The fourth-order valence-corrected chi connectivity index (χ4v) is 10.8. The number of ether oxygens (including phenoxy) is 1. The van der Waals surface area contributed by atoms with Gasteiger partial charge in [-0.25, -0.2) is 0 Å². The largest absolute Gasteiger partial charge is 0.481 e. The van der Waals surface area contributed by atoms with Crippen molar-refractivity contribution in [1.82, 2.24) is 0 Å². The van der Waals surface area contributed by atoms with Crippen molar-refractivity contribution >= 4 is 11.9 Å². The van der Waals surface area contributed by atoms with Gasteiger partial charge in [-0.1, -0.05) is 103 Å². The fourth-order valence-electron chi connectivity index (χ4n) is 10.8. The number of carbonyl (C=O) groups is 2. The van der Waals surface area contributed by atoms with Crippen LogP contribution in [0.1, 0.15) is 182 Å². The van der Waals surface area contributed by atoms with E-state index in [0.29, 0.717) is 30.1 Å². The van der Waals surface area contributed by atoms with Gasteiger partial charge >= 0.3 is 11.9 Å². The van der Waals surface area contributed by atoms with Crippen LogP contribution in [0.3, 0.4) is 0 Å². The van der Waals surface area contributed by atoms with Crippen LogP contribution in [0.5, 0.6) is 0 Å². The minimum atomic E-state index is -0.655. The first-order chi connectivity index (χ1) is 22.2. The molecular weight excluding hydrogens is 568 g/mol. The average Bonchev–Trinajstić information content (AvgIpc) is 3.39. The van der Waals surface area contributed by atoms with Crippen molar-refractivity contribution in [3.63, 3.8) is 0 Å². The fraction of sp³-hybridized carbons (Fsp3) is 0.857. The summed E-state index contributed by atoms with van der Waals surface area (Å²) in [5.74, 6) is 2.77. The molecule has 0 aromatic heterocycles. The van der Waals surface area contributed by atoms with Gasteiger partial charge in [-0.2, -0.15) is 0 Å². The summed E-state index contributed by atoms with van der Waals surface area (Å²) < 4.78 is 6.08. The zero-order valence-electron chi connectivity index (χ0n) is 30.3. The maximum atomic E-state index is 12.8. The highest BCUT2D eigenvalue weighted by Crippen LogP contribution is 2.67. The molecular formula is C42H70O4. The number of hydrogen-bond donors (Lipinski definition) is 1. The smallest absolute Gasteiger partial charge is 0.306 e. The minimum Gasteiger partial charge on any atom is -0.481 e. The first-order valence-corrected chi connectivity index (χ1v) is 19.9. The van der Waals surface area contributed by atoms with Gasteiger partial charge in [-0.05, 0) is 124 Å². The van der Waals surface area contributed by atoms with E-state index in [0.717, 1.165) is 56.3 Å². The molecule has 4 heteroatoms. The van der Waals surface area contributed by atoms with E-state index < -0.39 is 5.97 Å². The van der Waals surface area contributed by atoms with Crippen molar-refractivity contribution in [3.05, 3.63) is 23.8 Å². The lowest BCUT2D eigenvalue weighted by Crippen LogP contribution is -2.51. The highest BCUT2D eigenvalue weighted by atomic mass is 16.5. The van der Waals surface area contributed by atoms with Crippen LogP contribution in [0.15, 0.2) is 23.8 Å². The Bertz CT molecular complexity index is 1010. The third kappa shape index (κ3) is 9.74. The summed E-state index contributed by atoms with van der Waals surface area (Å²) in [6, 6.07) is 0. The zero-order valence-corrected chi connectivity index (χ0v) is 30.3. The predicted molar refractivity (Wildman–Crippen MR) is 191 cm³/mol. The Morgan fingerprint density at radius 3 is 2.24 bits per heavy atom. The van der Waals surface area contributed by atoms with Gasteiger partial charge in [0.2, 0.25) is 0 Å². The van der Waals surface area contributed by atoms with Crippen molar-refractivity contribution < 1.29 is 19.4 Å². The van der Waals surface area contributed by atoms with Crippen LogP contribution in [0.25, 0.3) is 0 Å². The Kier molecular flexibility index (Phi) is 14.8. The van der Waals surface area contributed by atoms with Crippen LogP contribution >= 0.6 is 0 Å². The molecule has 0 aliphatic heterocycles. The molecule has 8 atom stereocenters. The lowest BCUT2D eigenvalue weighted by Gasteiger charge is -2.58. The molecule has 4 aliphatic carbocycles. The van der Waals surface area contributed by atoms with Crippen molar-refractivity contribution in [2.45, 2.75) is 188 Å². The number of aliphatic carboxylic acids is 1. The number of allylic oxidation sites excluding steroid dienone is 3. The van der Waals surface area contributed by atoms with Crippen molar-refractivity contribution in [2.75, 3.05) is 0 Å². The molecule has 0 aromatic carbocycles. The summed E-state index contributed by atoms with van der Waals surface area (Å²) in [4.78, 5) is 24.0. The molecule has 4 nitrogen and oxygen atoms in total. The van der Waals surface area contributed by atoms with Gasteiger partial charge < -0.3 is 9.84 Å². The van der Waals surface area contributed by atoms with Crippen molar-refractivity contribution in [3.8, 4) is 0 Å². The summed E-state index contributed by atoms with van der Waals surface area (Å²) in [5.41, 5.74) is 2.19. The van der Waals surface area contributed by atoms with Gasteiger partial charge in [-0.15, -0.1) is 0 Å². The van der Waals surface area contributed by atoms with Crippen LogP contribution in [0.2, 0.25) is 0 Å². The number of hydrogen-bond acceptors (Lipinski definition) is 3. The Morgan fingerprint density at radius 2 is 1.54 bits per heavy atom. The Hall–Kier alpha value is -1.58. The Labute approximate surface area is 283 Å². The standard InChI is InChI=1S/C42H70O4/c1-5-6-7-8-9-10-11-12-13-14-15-16-17-18-19-20-40(45)46-34-27-29-41(3)33(31-34)22-23-35-37-25-24-36(32(2)21-26-39(43)44)42(37,4)30-28-38(35)41/h12-13,22,32,34-38H,5-11,14-21,23-31H2,1-4H3,(H,43,44)/b13-12-/t32-,34-,35?,36?,37?,38?,41+,42-/m1/s1. The third-order valence-electron chi connectivity index (χ3n) is 13.6. The molecule has 4 unspecified atom stereocenters. The Balaban J connectivity index is 1.12. The number of rotatable bonds is 20. The molecule has 0 heterocycles. The van der Waals surface area contributed by atoms with Gasteiger partial charge in [0.15, 0.2) is 0 Å². The molecule has 46 heavy (non-hydrogen) atoms. The maximum absolute atomic E-state index is 12.8. The summed E-state index contributed by atoms with van der Waals surface area (Å²) in [5, 5.41) is 9.25. The highest BCUT2D eigenvalue weighted by molar-refractivity contribution is 5.69. The monoisotopic (exact) mass is 639 g/mol. The highest BCUT2D eigenvalue weighted by Gasteiger charge is 2.59. The van der Waals surface area contributed by atoms with Crippen LogP contribution in [-0.4, -0.2) is 23.1 Å². The summed E-state index contributed by atoms with van der Waals surface area (Å²) in [7, 11) is 0. The van der Waals surface area contributed by atoms with Crippen molar-refractivity contribution in [2.24, 2.45) is 40.4 Å². The van der Waals surface area contributed by atoms with Crippen LogP contribution < -0.4 is 0 Å². The average molecular weight is 639 g/mol. The van der Waals surface area contributed by atoms with Gasteiger partial charge in [0.1, 0.15) is 6.10 Å². The number of unbranched alkanes of at least 4 members (excludes halogenated alkanes) is 11. The van der Waals surface area contributed by atoms with E-state index >= 15 is 0 Å². The van der Waals surface area contributed by atoms with Crippen LogP contribution in [-0.2, 0) is 14.3 Å². The number of carbonyl (C=O) groups excluding carboxylic acids is 1. The molecule has 1 N–H and O–H groups in total. The molecule has 4 rings (SSSR count). The van der Waals surface area contributed by atoms with E-state index in [2.05, 4.69) is 45.9 Å². The first kappa shape index (κ1) is 37.2. The van der Waals surface area contributed by atoms with Gasteiger partial charge in [0, 0.05) is 19.3 Å². The number of carboxylic acid groups (broad SMARTS) is 1. The van der Waals surface area contributed by atoms with Gasteiger partial charge in [0.05, 0.1) is 0 Å². The topological polar surface area (TPSA) is 63.6 Å². The second-order valence-corrected chi connectivity index (χ2v) is 16.6. The quantitative estimate of drug-likeness (QED) is 0.0818. The predicted octanol–water partition coefficient (Wildman–Crippen LogP) is 12.0. The number of fused-ring (bicyclic) bond motifs is 5. The van der Waals surface area contributed by atoms with Gasteiger partial charge in [-0.3, -0.25) is 9.59 Å². The molecule has 0 amide bonds. The molecule has 4 aliphatic rings. The lowest BCUT2D eigenvalue weighted by atomic mass is 9.47. The Morgan fingerprint density at radius 1 is 0.870 bits per heavy atom. The van der Waals surface area contributed by atoms with E-state index in [9.17, 15) is 14.7 Å². The molecule has 0 radical (unpaired) electrons. The molecule has 0 saturated heterocycles. The second-order valence-electron chi connectivity index (χ2n) is 16.6. The second kappa shape index (κ2) is 18.3. The summed E-state index contributed by atoms with van der Waals surface area (Å²) >= 11 is 0. The van der Waals surface area contributed by atoms with Gasteiger partial charge in [0.25, 0.3) is 0 Å².